The van der Waals surface area contributed by atoms with Gasteiger partial charge in [0.2, 0.25) is 11.8 Å². The lowest BCUT2D eigenvalue weighted by Gasteiger charge is -2.28. The van der Waals surface area contributed by atoms with Crippen molar-refractivity contribution in [1.82, 2.24) is 4.90 Å². The molecule has 0 aromatic heterocycles. The van der Waals surface area contributed by atoms with E-state index in [4.69, 9.17) is 0 Å². The van der Waals surface area contributed by atoms with Crippen LogP contribution in [0.15, 0.2) is 30.3 Å². The van der Waals surface area contributed by atoms with Gasteiger partial charge in [-0.05, 0) is 37.8 Å². The average Bonchev–Trinajstić information content (AvgIpc) is 3.38. The molecule has 1 aliphatic heterocycles. The number of carbonyl (C=O) groups excluding carboxylic acids is 2. The van der Waals surface area contributed by atoms with Gasteiger partial charge in [-0.3, -0.25) is 9.59 Å². The molecule has 1 heterocycles. The van der Waals surface area contributed by atoms with Crippen LogP contribution in [0.25, 0.3) is 0 Å². The molecule has 2 fully saturated rings. The maximum atomic E-state index is 12.9. The summed E-state index contributed by atoms with van der Waals surface area (Å²) in [7, 11) is 1.77. The maximum Gasteiger partial charge on any atom is 0.242 e. The van der Waals surface area contributed by atoms with Crippen LogP contribution >= 0.6 is 0 Å². The van der Waals surface area contributed by atoms with Crippen LogP contribution in [-0.4, -0.2) is 36.9 Å². The van der Waals surface area contributed by atoms with Crippen LogP contribution in [0.4, 0.5) is 5.69 Å². The topological polar surface area (TPSA) is 40.6 Å². The number of amides is 2. The Morgan fingerprint density at radius 3 is 2.14 bits per heavy atom. The molecule has 0 N–H and O–H groups in total. The lowest BCUT2D eigenvalue weighted by molar-refractivity contribution is -0.143. The van der Waals surface area contributed by atoms with Crippen molar-refractivity contribution >= 4 is 17.5 Å². The summed E-state index contributed by atoms with van der Waals surface area (Å²) in [5.41, 5.74) is 0.0667. The van der Waals surface area contributed by atoms with E-state index in [9.17, 15) is 9.59 Å². The zero-order valence-corrected chi connectivity index (χ0v) is 13.3. The minimum atomic E-state index is -0.783. The van der Waals surface area contributed by atoms with Crippen LogP contribution in [0.3, 0.4) is 0 Å². The number of likely N-dealkylation sites (tertiary alicyclic amines) is 1. The second-order valence-corrected chi connectivity index (χ2v) is 6.49. The average molecular weight is 300 g/mol. The second kappa shape index (κ2) is 6.11. The Labute approximate surface area is 132 Å². The number of para-hydroxylation sites is 1. The lowest BCUT2D eigenvalue weighted by atomic mass is 10.0. The third-order valence-corrected chi connectivity index (χ3v) is 4.91. The number of nitrogens with zero attached hydrogens (tertiary/aromatic N) is 2. The van der Waals surface area contributed by atoms with E-state index in [0.29, 0.717) is 12.8 Å². The van der Waals surface area contributed by atoms with Gasteiger partial charge in [0.05, 0.1) is 0 Å². The third kappa shape index (κ3) is 2.74. The lowest BCUT2D eigenvalue weighted by Crippen LogP contribution is -2.46. The quantitative estimate of drug-likeness (QED) is 0.805. The molecule has 3 rings (SSSR count). The first-order valence-corrected chi connectivity index (χ1v) is 8.28. The van der Waals surface area contributed by atoms with Crippen molar-refractivity contribution < 1.29 is 9.59 Å². The van der Waals surface area contributed by atoms with E-state index in [1.807, 2.05) is 35.2 Å². The molecule has 2 aliphatic rings. The monoisotopic (exact) mass is 300 g/mol. The van der Waals surface area contributed by atoms with Crippen molar-refractivity contribution in [2.24, 2.45) is 5.41 Å². The van der Waals surface area contributed by atoms with Gasteiger partial charge in [-0.15, -0.1) is 0 Å². The summed E-state index contributed by atoms with van der Waals surface area (Å²) in [4.78, 5) is 29.3. The Bertz CT molecular complexity index is 543. The smallest absolute Gasteiger partial charge is 0.242 e. The molecule has 1 aromatic rings. The van der Waals surface area contributed by atoms with Crippen LogP contribution in [0.1, 0.15) is 38.5 Å². The van der Waals surface area contributed by atoms with E-state index >= 15 is 0 Å². The first kappa shape index (κ1) is 15.1. The van der Waals surface area contributed by atoms with Gasteiger partial charge in [0.25, 0.3) is 0 Å². The van der Waals surface area contributed by atoms with Crippen molar-refractivity contribution in [2.45, 2.75) is 38.5 Å². The van der Waals surface area contributed by atoms with Gasteiger partial charge in [0.1, 0.15) is 5.41 Å². The number of benzene rings is 1. The summed E-state index contributed by atoms with van der Waals surface area (Å²) in [6.45, 7) is 1.62. The SMILES string of the molecule is CN(C(=O)C1(C(=O)N2CCCCCC2)CC1)c1ccccc1. The summed E-state index contributed by atoms with van der Waals surface area (Å²) >= 11 is 0. The highest BCUT2D eigenvalue weighted by Crippen LogP contribution is 2.49. The van der Waals surface area contributed by atoms with Crippen LogP contribution < -0.4 is 4.90 Å². The number of hydrogen-bond donors (Lipinski definition) is 0. The van der Waals surface area contributed by atoms with Gasteiger partial charge in [-0.1, -0.05) is 31.0 Å². The standard InChI is InChI=1S/C18H24N2O2/c1-19(15-9-5-4-6-10-15)16(21)18(11-12-18)17(22)20-13-7-2-3-8-14-20/h4-6,9-10H,2-3,7-8,11-14H2,1H3. The first-order chi connectivity index (χ1) is 10.6. The summed E-state index contributed by atoms with van der Waals surface area (Å²) in [5, 5.41) is 0. The number of rotatable bonds is 3. The zero-order chi connectivity index (χ0) is 15.6. The molecule has 0 atom stereocenters. The summed E-state index contributed by atoms with van der Waals surface area (Å²) in [6.07, 6.45) is 5.88. The van der Waals surface area contributed by atoms with Gasteiger partial charge in [-0.25, -0.2) is 0 Å². The van der Waals surface area contributed by atoms with Crippen LogP contribution in [0.5, 0.6) is 0 Å². The van der Waals surface area contributed by atoms with Crippen molar-refractivity contribution in [3.8, 4) is 0 Å². The highest BCUT2D eigenvalue weighted by Gasteiger charge is 2.59. The number of carbonyl (C=O) groups is 2. The molecule has 4 nitrogen and oxygen atoms in total. The van der Waals surface area contributed by atoms with Gasteiger partial charge >= 0.3 is 0 Å². The highest BCUT2D eigenvalue weighted by molar-refractivity contribution is 6.13. The van der Waals surface area contributed by atoms with Gasteiger partial charge in [0, 0.05) is 25.8 Å². The molecule has 0 radical (unpaired) electrons. The summed E-state index contributed by atoms with van der Waals surface area (Å²) < 4.78 is 0. The molecule has 4 heteroatoms. The van der Waals surface area contributed by atoms with Crippen molar-refractivity contribution in [2.75, 3.05) is 25.0 Å². The van der Waals surface area contributed by atoms with Gasteiger partial charge in [-0.2, -0.15) is 0 Å². The summed E-state index contributed by atoms with van der Waals surface area (Å²) in [5.74, 6) is 0.00938. The third-order valence-electron chi connectivity index (χ3n) is 4.91. The molecule has 0 bridgehead atoms. The molecule has 0 spiro atoms. The Morgan fingerprint density at radius 2 is 1.59 bits per heavy atom. The van der Waals surface area contributed by atoms with Crippen LogP contribution in [0.2, 0.25) is 0 Å². The molecular formula is C18H24N2O2. The van der Waals surface area contributed by atoms with Crippen molar-refractivity contribution in [1.29, 1.82) is 0 Å². The molecular weight excluding hydrogens is 276 g/mol. The van der Waals surface area contributed by atoms with E-state index in [-0.39, 0.29) is 11.8 Å². The largest absolute Gasteiger partial charge is 0.342 e. The number of hydrogen-bond acceptors (Lipinski definition) is 2. The molecule has 1 saturated heterocycles. The van der Waals surface area contributed by atoms with E-state index in [0.717, 1.165) is 31.6 Å². The predicted molar refractivity (Wildman–Crippen MR) is 86.6 cm³/mol. The van der Waals surface area contributed by atoms with E-state index in [1.54, 1.807) is 11.9 Å². The molecule has 118 valence electrons. The molecule has 0 unspecified atom stereocenters. The molecule has 1 aromatic carbocycles. The van der Waals surface area contributed by atoms with Gasteiger partial charge < -0.3 is 9.80 Å². The predicted octanol–water partition coefficient (Wildman–Crippen LogP) is 2.83. The molecule has 22 heavy (non-hydrogen) atoms. The fourth-order valence-electron chi connectivity index (χ4n) is 3.31. The summed E-state index contributed by atoms with van der Waals surface area (Å²) in [6, 6.07) is 9.57. The normalized spacial score (nSPS) is 20.1. The molecule has 1 saturated carbocycles. The molecule has 1 aliphatic carbocycles. The zero-order valence-electron chi connectivity index (χ0n) is 13.3. The molecule has 2 amide bonds. The van der Waals surface area contributed by atoms with Crippen molar-refractivity contribution in [3.63, 3.8) is 0 Å². The Hall–Kier alpha value is -1.84. The van der Waals surface area contributed by atoms with Crippen LogP contribution in [-0.2, 0) is 9.59 Å². The minimum Gasteiger partial charge on any atom is -0.342 e. The van der Waals surface area contributed by atoms with E-state index in [2.05, 4.69) is 0 Å². The van der Waals surface area contributed by atoms with E-state index < -0.39 is 5.41 Å². The Morgan fingerprint density at radius 1 is 1.00 bits per heavy atom. The van der Waals surface area contributed by atoms with Crippen LogP contribution in [0, 0.1) is 5.41 Å². The minimum absolute atomic E-state index is 0.0482. The number of anilines is 1. The first-order valence-electron chi connectivity index (χ1n) is 8.28. The fraction of sp³-hybridized carbons (Fsp3) is 0.556. The van der Waals surface area contributed by atoms with E-state index in [1.165, 1.54) is 12.8 Å². The second-order valence-electron chi connectivity index (χ2n) is 6.49. The Kier molecular flexibility index (Phi) is 4.19. The maximum absolute atomic E-state index is 12.9. The Balaban J connectivity index is 1.75. The van der Waals surface area contributed by atoms with Gasteiger partial charge in [0.15, 0.2) is 0 Å². The highest BCUT2D eigenvalue weighted by atomic mass is 16.2. The fourth-order valence-corrected chi connectivity index (χ4v) is 3.31. The van der Waals surface area contributed by atoms with Crippen molar-refractivity contribution in [3.05, 3.63) is 30.3 Å².